The molecule has 116 valence electrons. The SMILES string of the molecule is CN(C)CC(=O)N1CCC[C@H](COc2ccc(F)cc2)C1. The fourth-order valence-corrected chi connectivity index (χ4v) is 2.54. The molecule has 0 spiro atoms. The molecule has 1 amide bonds. The first-order chi connectivity index (χ1) is 10.0. The average Bonchev–Trinajstić information content (AvgIpc) is 2.46. The first-order valence-electron chi connectivity index (χ1n) is 7.35. The summed E-state index contributed by atoms with van der Waals surface area (Å²) >= 11 is 0. The summed E-state index contributed by atoms with van der Waals surface area (Å²) in [7, 11) is 3.80. The second-order valence-electron chi connectivity index (χ2n) is 5.85. The Morgan fingerprint density at radius 2 is 2.10 bits per heavy atom. The highest BCUT2D eigenvalue weighted by molar-refractivity contribution is 5.78. The molecule has 1 saturated heterocycles. The van der Waals surface area contributed by atoms with Crippen LogP contribution in [-0.2, 0) is 4.79 Å². The number of amides is 1. The zero-order valence-electron chi connectivity index (χ0n) is 12.7. The molecule has 0 radical (unpaired) electrons. The van der Waals surface area contributed by atoms with E-state index in [0.717, 1.165) is 25.9 Å². The zero-order valence-corrected chi connectivity index (χ0v) is 12.7. The fourth-order valence-electron chi connectivity index (χ4n) is 2.54. The van der Waals surface area contributed by atoms with Gasteiger partial charge in [-0.05, 0) is 51.2 Å². The Morgan fingerprint density at radius 3 is 2.76 bits per heavy atom. The molecule has 0 aromatic heterocycles. The molecule has 5 heteroatoms. The summed E-state index contributed by atoms with van der Waals surface area (Å²) in [5.41, 5.74) is 0. The number of rotatable bonds is 5. The van der Waals surface area contributed by atoms with Gasteiger partial charge in [-0.15, -0.1) is 0 Å². The average molecular weight is 294 g/mol. The summed E-state index contributed by atoms with van der Waals surface area (Å²) < 4.78 is 18.5. The molecule has 1 aliphatic heterocycles. The van der Waals surface area contributed by atoms with Crippen molar-refractivity contribution in [1.82, 2.24) is 9.80 Å². The van der Waals surface area contributed by atoms with Crippen molar-refractivity contribution in [1.29, 1.82) is 0 Å². The van der Waals surface area contributed by atoms with Crippen LogP contribution in [0.4, 0.5) is 4.39 Å². The molecule has 0 N–H and O–H groups in total. The Balaban J connectivity index is 1.81. The largest absolute Gasteiger partial charge is 0.493 e. The van der Waals surface area contributed by atoms with E-state index in [-0.39, 0.29) is 11.7 Å². The summed E-state index contributed by atoms with van der Waals surface area (Å²) in [5, 5.41) is 0. The Kier molecular flexibility index (Phi) is 5.56. The molecule has 1 aliphatic rings. The van der Waals surface area contributed by atoms with Crippen molar-refractivity contribution in [3.05, 3.63) is 30.1 Å². The van der Waals surface area contributed by atoms with E-state index in [4.69, 9.17) is 4.74 Å². The number of hydrogen-bond acceptors (Lipinski definition) is 3. The van der Waals surface area contributed by atoms with Crippen LogP contribution < -0.4 is 4.74 Å². The van der Waals surface area contributed by atoms with Crippen LogP contribution in [0.3, 0.4) is 0 Å². The van der Waals surface area contributed by atoms with Gasteiger partial charge in [0, 0.05) is 19.0 Å². The molecule has 1 aromatic rings. The minimum Gasteiger partial charge on any atom is -0.493 e. The number of ether oxygens (including phenoxy) is 1. The summed E-state index contributed by atoms with van der Waals surface area (Å²) in [5.74, 6) is 0.926. The molecular formula is C16H23FN2O2. The predicted molar refractivity (Wildman–Crippen MR) is 79.8 cm³/mol. The van der Waals surface area contributed by atoms with Gasteiger partial charge in [0.15, 0.2) is 0 Å². The maximum absolute atomic E-state index is 12.8. The second kappa shape index (κ2) is 7.41. The van der Waals surface area contributed by atoms with Crippen molar-refractivity contribution in [2.24, 2.45) is 5.92 Å². The molecule has 4 nitrogen and oxygen atoms in total. The number of hydrogen-bond donors (Lipinski definition) is 0. The van der Waals surface area contributed by atoms with Crippen LogP contribution in [0.25, 0.3) is 0 Å². The Morgan fingerprint density at radius 1 is 1.38 bits per heavy atom. The van der Waals surface area contributed by atoms with Crippen molar-refractivity contribution in [2.75, 3.05) is 40.3 Å². The highest BCUT2D eigenvalue weighted by Crippen LogP contribution is 2.19. The number of halogens is 1. The highest BCUT2D eigenvalue weighted by atomic mass is 19.1. The Labute approximate surface area is 125 Å². The first kappa shape index (κ1) is 15.8. The predicted octanol–water partition coefficient (Wildman–Crippen LogP) is 2.00. The van der Waals surface area contributed by atoms with Crippen LogP contribution in [0.15, 0.2) is 24.3 Å². The number of carbonyl (C=O) groups excluding carboxylic acids is 1. The van der Waals surface area contributed by atoms with Gasteiger partial charge in [0.2, 0.25) is 5.91 Å². The van der Waals surface area contributed by atoms with Gasteiger partial charge in [0.25, 0.3) is 0 Å². The normalized spacial score (nSPS) is 18.9. The molecule has 21 heavy (non-hydrogen) atoms. The molecule has 0 saturated carbocycles. The number of benzene rings is 1. The zero-order chi connectivity index (χ0) is 15.2. The molecule has 0 aliphatic carbocycles. The highest BCUT2D eigenvalue weighted by Gasteiger charge is 2.24. The lowest BCUT2D eigenvalue weighted by Gasteiger charge is -2.33. The fraction of sp³-hybridized carbons (Fsp3) is 0.562. The van der Waals surface area contributed by atoms with Crippen LogP contribution in [0, 0.1) is 11.7 Å². The lowest BCUT2D eigenvalue weighted by Crippen LogP contribution is -2.44. The number of piperidine rings is 1. The van der Waals surface area contributed by atoms with Crippen LogP contribution >= 0.6 is 0 Å². The number of nitrogens with zero attached hydrogens (tertiary/aromatic N) is 2. The van der Waals surface area contributed by atoms with Gasteiger partial charge >= 0.3 is 0 Å². The van der Waals surface area contributed by atoms with Crippen molar-refractivity contribution < 1.29 is 13.9 Å². The van der Waals surface area contributed by atoms with Crippen molar-refractivity contribution >= 4 is 5.91 Å². The van der Waals surface area contributed by atoms with E-state index in [1.54, 1.807) is 12.1 Å². The van der Waals surface area contributed by atoms with E-state index < -0.39 is 0 Å². The van der Waals surface area contributed by atoms with E-state index in [0.29, 0.717) is 24.8 Å². The quantitative estimate of drug-likeness (QED) is 0.833. The monoisotopic (exact) mass is 294 g/mol. The van der Waals surface area contributed by atoms with Crippen LogP contribution in [0.5, 0.6) is 5.75 Å². The molecule has 1 heterocycles. The summed E-state index contributed by atoms with van der Waals surface area (Å²) in [6.45, 7) is 2.59. The van der Waals surface area contributed by atoms with Crippen LogP contribution in [0.2, 0.25) is 0 Å². The summed E-state index contributed by atoms with van der Waals surface area (Å²) in [4.78, 5) is 15.9. The van der Waals surface area contributed by atoms with Gasteiger partial charge in [0.1, 0.15) is 11.6 Å². The Bertz CT molecular complexity index is 462. The topological polar surface area (TPSA) is 32.8 Å². The van der Waals surface area contributed by atoms with Crippen molar-refractivity contribution in [2.45, 2.75) is 12.8 Å². The van der Waals surface area contributed by atoms with E-state index >= 15 is 0 Å². The van der Waals surface area contributed by atoms with Crippen molar-refractivity contribution in [3.8, 4) is 5.75 Å². The minimum atomic E-state index is -0.263. The van der Waals surface area contributed by atoms with Crippen LogP contribution in [0.1, 0.15) is 12.8 Å². The van der Waals surface area contributed by atoms with Gasteiger partial charge in [0.05, 0.1) is 13.2 Å². The van der Waals surface area contributed by atoms with Gasteiger partial charge in [-0.25, -0.2) is 4.39 Å². The molecular weight excluding hydrogens is 271 g/mol. The maximum atomic E-state index is 12.8. The molecule has 0 bridgehead atoms. The summed E-state index contributed by atoms with van der Waals surface area (Å²) in [6, 6.07) is 6.05. The standard InChI is InChI=1S/C16H23FN2O2/c1-18(2)11-16(20)19-9-3-4-13(10-19)12-21-15-7-5-14(17)6-8-15/h5-8,13H,3-4,9-12H2,1-2H3/t13-/m0/s1. The smallest absolute Gasteiger partial charge is 0.236 e. The third-order valence-corrected chi connectivity index (χ3v) is 3.62. The van der Waals surface area contributed by atoms with E-state index in [1.807, 2.05) is 23.9 Å². The lowest BCUT2D eigenvalue weighted by molar-refractivity contribution is -0.133. The minimum absolute atomic E-state index is 0.173. The van der Waals surface area contributed by atoms with Gasteiger partial charge in [-0.1, -0.05) is 0 Å². The maximum Gasteiger partial charge on any atom is 0.236 e. The number of carbonyl (C=O) groups is 1. The first-order valence-corrected chi connectivity index (χ1v) is 7.35. The molecule has 1 atom stereocenters. The number of likely N-dealkylation sites (tertiary alicyclic amines) is 1. The van der Waals surface area contributed by atoms with E-state index in [2.05, 4.69) is 0 Å². The van der Waals surface area contributed by atoms with E-state index in [1.165, 1.54) is 12.1 Å². The molecule has 1 fully saturated rings. The lowest BCUT2D eigenvalue weighted by atomic mass is 9.99. The third kappa shape index (κ3) is 5.01. The van der Waals surface area contributed by atoms with Gasteiger partial charge < -0.3 is 14.5 Å². The Hall–Kier alpha value is -1.62. The second-order valence-corrected chi connectivity index (χ2v) is 5.85. The van der Waals surface area contributed by atoms with E-state index in [9.17, 15) is 9.18 Å². The molecule has 0 unspecified atom stereocenters. The molecule has 2 rings (SSSR count). The van der Waals surface area contributed by atoms with Crippen LogP contribution in [-0.4, -0.2) is 56.0 Å². The summed E-state index contributed by atoms with van der Waals surface area (Å²) in [6.07, 6.45) is 2.07. The van der Waals surface area contributed by atoms with Crippen molar-refractivity contribution in [3.63, 3.8) is 0 Å². The molecule has 1 aromatic carbocycles. The van der Waals surface area contributed by atoms with Gasteiger partial charge in [-0.3, -0.25) is 4.79 Å². The third-order valence-electron chi connectivity index (χ3n) is 3.62. The number of likely N-dealkylation sites (N-methyl/N-ethyl adjacent to an activating group) is 1. The van der Waals surface area contributed by atoms with Gasteiger partial charge in [-0.2, -0.15) is 0 Å².